The van der Waals surface area contributed by atoms with E-state index >= 15 is 0 Å². The van der Waals surface area contributed by atoms with Gasteiger partial charge in [-0.05, 0) is 30.3 Å². The summed E-state index contributed by atoms with van der Waals surface area (Å²) in [6.45, 7) is 0. The predicted molar refractivity (Wildman–Crippen MR) is 76.4 cm³/mol. The molecule has 0 aliphatic heterocycles. The number of aromatic amines is 1. The fourth-order valence-electron chi connectivity index (χ4n) is 1.72. The lowest BCUT2D eigenvalue weighted by Gasteiger charge is -2.02. The van der Waals surface area contributed by atoms with Gasteiger partial charge in [-0.3, -0.25) is 9.59 Å². The summed E-state index contributed by atoms with van der Waals surface area (Å²) in [5, 5.41) is 0.746. The Balaban J connectivity index is 2.23. The van der Waals surface area contributed by atoms with Crippen molar-refractivity contribution < 1.29 is 14.3 Å². The van der Waals surface area contributed by atoms with Crippen LogP contribution in [0.1, 0.15) is 21.7 Å². The van der Waals surface area contributed by atoms with Gasteiger partial charge in [0.25, 0.3) is 0 Å². The number of H-pyrrole nitrogens is 1. The monoisotopic (exact) mass is 311 g/mol. The van der Waals surface area contributed by atoms with Crippen LogP contribution in [-0.2, 0) is 16.0 Å². The lowest BCUT2D eigenvalue weighted by Crippen LogP contribution is -2.06. The Hall–Kier alpha value is -1.78. The summed E-state index contributed by atoms with van der Waals surface area (Å²) in [4.78, 5) is 26.3. The van der Waals surface area contributed by atoms with Crippen molar-refractivity contribution in [3.05, 3.63) is 57.3 Å². The summed E-state index contributed by atoms with van der Waals surface area (Å²) in [7, 11) is 1.31. The Kier molecular flexibility index (Phi) is 4.47. The maximum absolute atomic E-state index is 12.3. The molecule has 104 valence electrons. The van der Waals surface area contributed by atoms with Crippen LogP contribution in [0.4, 0.5) is 0 Å². The lowest BCUT2D eigenvalue weighted by atomic mass is 10.1. The number of carbonyl (C=O) groups excluding carboxylic acids is 2. The zero-order valence-electron chi connectivity index (χ0n) is 10.6. The quantitative estimate of drug-likeness (QED) is 0.696. The Labute approximate surface area is 125 Å². The first-order chi connectivity index (χ1) is 9.51. The van der Waals surface area contributed by atoms with E-state index in [0.717, 1.165) is 0 Å². The molecule has 0 aliphatic carbocycles. The SMILES string of the molecule is COC(=O)Cc1ccc(C(=O)c2ccc(Cl)cc2Cl)[nH]1. The largest absolute Gasteiger partial charge is 0.469 e. The molecule has 0 aliphatic rings. The highest BCUT2D eigenvalue weighted by Crippen LogP contribution is 2.23. The van der Waals surface area contributed by atoms with Gasteiger partial charge in [-0.1, -0.05) is 23.2 Å². The highest BCUT2D eigenvalue weighted by molar-refractivity contribution is 6.37. The molecule has 0 amide bonds. The Bertz CT molecular complexity index is 664. The van der Waals surface area contributed by atoms with E-state index in [1.807, 2.05) is 0 Å². The predicted octanol–water partition coefficient (Wildman–Crippen LogP) is 3.27. The van der Waals surface area contributed by atoms with Gasteiger partial charge in [0.1, 0.15) is 0 Å². The fourth-order valence-corrected chi connectivity index (χ4v) is 2.22. The first-order valence-corrected chi connectivity index (χ1v) is 6.51. The normalized spacial score (nSPS) is 10.3. The van der Waals surface area contributed by atoms with Crippen LogP contribution in [0.2, 0.25) is 10.0 Å². The van der Waals surface area contributed by atoms with Crippen molar-refractivity contribution in [1.82, 2.24) is 4.98 Å². The van der Waals surface area contributed by atoms with Crippen LogP contribution in [0.25, 0.3) is 0 Å². The molecule has 0 unspecified atom stereocenters. The molecule has 0 saturated heterocycles. The van der Waals surface area contributed by atoms with Gasteiger partial charge in [-0.2, -0.15) is 0 Å². The molecule has 0 bridgehead atoms. The molecule has 2 rings (SSSR count). The fraction of sp³-hybridized carbons (Fsp3) is 0.143. The zero-order chi connectivity index (χ0) is 14.7. The van der Waals surface area contributed by atoms with Gasteiger partial charge < -0.3 is 9.72 Å². The number of nitrogens with one attached hydrogen (secondary N) is 1. The number of rotatable bonds is 4. The average molecular weight is 312 g/mol. The third-order valence-electron chi connectivity index (χ3n) is 2.73. The van der Waals surface area contributed by atoms with E-state index < -0.39 is 0 Å². The first-order valence-electron chi connectivity index (χ1n) is 5.75. The van der Waals surface area contributed by atoms with Crippen molar-refractivity contribution >= 4 is 35.0 Å². The molecule has 4 nitrogen and oxygen atoms in total. The Morgan fingerprint density at radius 1 is 1.20 bits per heavy atom. The van der Waals surface area contributed by atoms with Crippen LogP contribution in [0.3, 0.4) is 0 Å². The van der Waals surface area contributed by atoms with Gasteiger partial charge in [0, 0.05) is 16.3 Å². The standard InChI is InChI=1S/C14H11Cl2NO3/c1-20-13(18)7-9-3-5-12(17-9)14(19)10-4-2-8(15)6-11(10)16/h2-6,17H,7H2,1H3. The molecule has 0 spiro atoms. The van der Waals surface area contributed by atoms with Crippen LogP contribution in [0, 0.1) is 0 Å². The van der Waals surface area contributed by atoms with E-state index in [2.05, 4.69) is 9.72 Å². The molecule has 1 N–H and O–H groups in total. The number of methoxy groups -OCH3 is 1. The van der Waals surface area contributed by atoms with Crippen LogP contribution in [-0.4, -0.2) is 23.8 Å². The molecule has 0 saturated carbocycles. The number of aromatic nitrogens is 1. The number of ketones is 1. The zero-order valence-corrected chi connectivity index (χ0v) is 12.1. The van der Waals surface area contributed by atoms with Crippen LogP contribution in [0.15, 0.2) is 30.3 Å². The van der Waals surface area contributed by atoms with Gasteiger partial charge in [-0.25, -0.2) is 0 Å². The molecule has 0 atom stereocenters. The van der Waals surface area contributed by atoms with Crippen molar-refractivity contribution in [1.29, 1.82) is 0 Å². The summed E-state index contributed by atoms with van der Waals surface area (Å²) in [5.41, 5.74) is 1.31. The van der Waals surface area contributed by atoms with Crippen molar-refractivity contribution in [3.63, 3.8) is 0 Å². The molecule has 1 heterocycles. The van der Waals surface area contributed by atoms with Crippen molar-refractivity contribution in [3.8, 4) is 0 Å². The smallest absolute Gasteiger partial charge is 0.311 e. The van der Waals surface area contributed by atoms with E-state index in [9.17, 15) is 9.59 Å². The van der Waals surface area contributed by atoms with Crippen LogP contribution in [0.5, 0.6) is 0 Å². The number of halogens is 2. The topological polar surface area (TPSA) is 59.2 Å². The molecule has 1 aromatic heterocycles. The van der Waals surface area contributed by atoms with E-state index in [4.69, 9.17) is 23.2 Å². The number of esters is 1. The first kappa shape index (κ1) is 14.6. The summed E-state index contributed by atoms with van der Waals surface area (Å²) in [6.07, 6.45) is 0.0815. The molecular weight excluding hydrogens is 301 g/mol. The number of carbonyl (C=O) groups is 2. The van der Waals surface area contributed by atoms with E-state index in [1.54, 1.807) is 24.3 Å². The molecule has 20 heavy (non-hydrogen) atoms. The van der Waals surface area contributed by atoms with Gasteiger partial charge in [-0.15, -0.1) is 0 Å². The number of ether oxygens (including phenoxy) is 1. The Morgan fingerprint density at radius 3 is 2.60 bits per heavy atom. The summed E-state index contributed by atoms with van der Waals surface area (Å²) in [5.74, 6) is -0.641. The van der Waals surface area contributed by atoms with Crippen LogP contribution < -0.4 is 0 Å². The highest BCUT2D eigenvalue weighted by Gasteiger charge is 2.15. The maximum atomic E-state index is 12.3. The minimum atomic E-state index is -0.379. The third kappa shape index (κ3) is 3.21. The van der Waals surface area contributed by atoms with E-state index in [1.165, 1.54) is 13.2 Å². The van der Waals surface area contributed by atoms with Gasteiger partial charge >= 0.3 is 5.97 Å². The van der Waals surface area contributed by atoms with E-state index in [0.29, 0.717) is 22.0 Å². The maximum Gasteiger partial charge on any atom is 0.311 e. The second-order valence-electron chi connectivity index (χ2n) is 4.10. The second-order valence-corrected chi connectivity index (χ2v) is 4.95. The van der Waals surface area contributed by atoms with Crippen molar-refractivity contribution in [2.24, 2.45) is 0 Å². The minimum Gasteiger partial charge on any atom is -0.469 e. The van der Waals surface area contributed by atoms with E-state index in [-0.39, 0.29) is 23.2 Å². The highest BCUT2D eigenvalue weighted by atomic mass is 35.5. The summed E-state index contributed by atoms with van der Waals surface area (Å²) in [6, 6.07) is 7.93. The van der Waals surface area contributed by atoms with Gasteiger partial charge in [0.15, 0.2) is 0 Å². The molecule has 0 radical (unpaired) electrons. The van der Waals surface area contributed by atoms with Crippen molar-refractivity contribution in [2.75, 3.05) is 7.11 Å². The molecule has 2 aromatic rings. The van der Waals surface area contributed by atoms with Gasteiger partial charge in [0.2, 0.25) is 5.78 Å². The number of benzene rings is 1. The molecular formula is C14H11Cl2NO3. The summed E-state index contributed by atoms with van der Waals surface area (Å²) >= 11 is 11.8. The number of hydrogen-bond donors (Lipinski definition) is 1. The third-order valence-corrected chi connectivity index (χ3v) is 3.28. The van der Waals surface area contributed by atoms with Crippen molar-refractivity contribution in [2.45, 2.75) is 6.42 Å². The molecule has 1 aromatic carbocycles. The summed E-state index contributed by atoms with van der Waals surface area (Å²) < 4.78 is 4.56. The van der Waals surface area contributed by atoms with Gasteiger partial charge in [0.05, 0.1) is 24.2 Å². The number of hydrogen-bond acceptors (Lipinski definition) is 3. The van der Waals surface area contributed by atoms with Crippen LogP contribution >= 0.6 is 23.2 Å². The Morgan fingerprint density at radius 2 is 1.95 bits per heavy atom. The molecule has 6 heteroatoms. The average Bonchev–Trinajstić information content (AvgIpc) is 2.86. The molecule has 0 fully saturated rings. The lowest BCUT2D eigenvalue weighted by molar-refractivity contribution is -0.139. The minimum absolute atomic E-state index is 0.0815. The second kappa shape index (κ2) is 6.11.